The van der Waals surface area contributed by atoms with E-state index in [1.54, 1.807) is 0 Å². The lowest BCUT2D eigenvalue weighted by molar-refractivity contribution is -0.149. The van der Waals surface area contributed by atoms with Gasteiger partial charge in [0.05, 0.1) is 13.2 Å². The summed E-state index contributed by atoms with van der Waals surface area (Å²) in [7, 11) is 1.44. The van der Waals surface area contributed by atoms with Crippen LogP contribution in [0.4, 0.5) is 0 Å². The van der Waals surface area contributed by atoms with Crippen LogP contribution >= 0.6 is 0 Å². The summed E-state index contributed by atoms with van der Waals surface area (Å²) in [5, 5.41) is 3.30. The Morgan fingerprint density at radius 3 is 2.65 bits per heavy atom. The summed E-state index contributed by atoms with van der Waals surface area (Å²) in [5.41, 5.74) is -0.663. The molecule has 1 saturated carbocycles. The molecule has 0 aliphatic heterocycles. The zero-order chi connectivity index (χ0) is 15.2. The number of carbonyl (C=O) groups excluding carboxylic acids is 1. The maximum absolute atomic E-state index is 12.0. The van der Waals surface area contributed by atoms with E-state index in [2.05, 4.69) is 12.2 Å². The second-order valence-electron chi connectivity index (χ2n) is 6.64. The number of carbonyl (C=O) groups is 1. The lowest BCUT2D eigenvalue weighted by Gasteiger charge is -2.32. The number of ether oxygens (including phenoxy) is 2. The molecule has 1 fully saturated rings. The van der Waals surface area contributed by atoms with Crippen LogP contribution in [0.5, 0.6) is 0 Å². The first-order valence-electron chi connectivity index (χ1n) is 7.85. The van der Waals surface area contributed by atoms with E-state index in [4.69, 9.17) is 9.47 Å². The van der Waals surface area contributed by atoms with Gasteiger partial charge < -0.3 is 9.47 Å². The second-order valence-corrected chi connectivity index (χ2v) is 6.64. The van der Waals surface area contributed by atoms with Crippen LogP contribution < -0.4 is 5.32 Å². The van der Waals surface area contributed by atoms with E-state index in [1.165, 1.54) is 20.0 Å². The molecule has 1 rings (SSSR count). The molecule has 0 heterocycles. The van der Waals surface area contributed by atoms with Gasteiger partial charge in [-0.05, 0) is 46.0 Å². The van der Waals surface area contributed by atoms with E-state index in [0.717, 1.165) is 18.8 Å². The molecule has 4 nitrogen and oxygen atoms in total. The minimum Gasteiger partial charge on any atom is -0.468 e. The third-order valence-electron chi connectivity index (χ3n) is 4.09. The summed E-state index contributed by atoms with van der Waals surface area (Å²) in [6.07, 6.45) is 5.87. The van der Waals surface area contributed by atoms with Crippen LogP contribution in [0.2, 0.25) is 0 Å². The van der Waals surface area contributed by atoms with Gasteiger partial charge in [-0.2, -0.15) is 0 Å². The Hall–Kier alpha value is -0.610. The number of hydrogen-bond acceptors (Lipinski definition) is 4. The van der Waals surface area contributed by atoms with Crippen molar-refractivity contribution in [1.82, 2.24) is 5.32 Å². The van der Waals surface area contributed by atoms with E-state index < -0.39 is 5.54 Å². The molecule has 0 aromatic heterocycles. The van der Waals surface area contributed by atoms with Gasteiger partial charge in [-0.1, -0.05) is 19.8 Å². The van der Waals surface area contributed by atoms with Crippen molar-refractivity contribution < 1.29 is 14.3 Å². The Bertz CT molecular complexity index is 306. The molecule has 1 aliphatic rings. The van der Waals surface area contributed by atoms with Crippen LogP contribution in [0.15, 0.2) is 0 Å². The predicted molar refractivity (Wildman–Crippen MR) is 80.7 cm³/mol. The van der Waals surface area contributed by atoms with E-state index in [0.29, 0.717) is 19.1 Å². The fourth-order valence-corrected chi connectivity index (χ4v) is 3.06. The number of methoxy groups -OCH3 is 1. The lowest BCUT2D eigenvalue weighted by Crippen LogP contribution is -2.53. The van der Waals surface area contributed by atoms with Crippen LogP contribution in [0.3, 0.4) is 0 Å². The highest BCUT2D eigenvalue weighted by molar-refractivity contribution is 5.80. The first-order valence-corrected chi connectivity index (χ1v) is 7.85. The zero-order valence-corrected chi connectivity index (χ0v) is 13.7. The Kier molecular flexibility index (Phi) is 6.96. The summed E-state index contributed by atoms with van der Waals surface area (Å²) >= 11 is 0. The van der Waals surface area contributed by atoms with Gasteiger partial charge in [0.15, 0.2) is 0 Å². The van der Waals surface area contributed by atoms with E-state index in [-0.39, 0.29) is 12.0 Å². The highest BCUT2D eigenvalue weighted by atomic mass is 16.5. The maximum Gasteiger partial charge on any atom is 0.325 e. The molecule has 3 atom stereocenters. The molecular weight excluding hydrogens is 254 g/mol. The molecule has 4 heteroatoms. The van der Waals surface area contributed by atoms with Crippen LogP contribution in [-0.4, -0.2) is 37.4 Å². The molecular formula is C16H31NO3. The average molecular weight is 285 g/mol. The summed E-state index contributed by atoms with van der Waals surface area (Å²) in [5.74, 6) is 0.543. The van der Waals surface area contributed by atoms with Crippen LogP contribution in [0, 0.1) is 5.92 Å². The van der Waals surface area contributed by atoms with Gasteiger partial charge in [-0.15, -0.1) is 0 Å². The normalized spacial score (nSPS) is 26.3. The third-order valence-corrected chi connectivity index (χ3v) is 4.09. The molecule has 0 saturated heterocycles. The van der Waals surface area contributed by atoms with Crippen molar-refractivity contribution in [2.75, 3.05) is 13.7 Å². The molecule has 0 bridgehead atoms. The van der Waals surface area contributed by atoms with Crippen molar-refractivity contribution >= 4 is 5.97 Å². The second kappa shape index (κ2) is 7.99. The van der Waals surface area contributed by atoms with Gasteiger partial charge in [-0.25, -0.2) is 0 Å². The summed E-state index contributed by atoms with van der Waals surface area (Å²) in [4.78, 5) is 12.0. The van der Waals surface area contributed by atoms with E-state index in [1.807, 2.05) is 20.8 Å². The largest absolute Gasteiger partial charge is 0.468 e. The van der Waals surface area contributed by atoms with Crippen LogP contribution in [0.25, 0.3) is 0 Å². The smallest absolute Gasteiger partial charge is 0.325 e. The first kappa shape index (κ1) is 17.4. The van der Waals surface area contributed by atoms with Gasteiger partial charge in [0.1, 0.15) is 5.54 Å². The molecule has 0 radical (unpaired) electrons. The van der Waals surface area contributed by atoms with Crippen LogP contribution in [-0.2, 0) is 14.3 Å². The minimum atomic E-state index is -0.663. The average Bonchev–Trinajstić information content (AvgIpc) is 2.37. The molecule has 1 aliphatic carbocycles. The number of esters is 1. The van der Waals surface area contributed by atoms with Gasteiger partial charge in [0, 0.05) is 12.6 Å². The SMILES string of the molecule is COC(=O)C(C)(CCOC1CCCC(C)C1)NC(C)C. The van der Waals surface area contributed by atoms with Crippen molar-refractivity contribution in [2.24, 2.45) is 5.92 Å². The van der Waals surface area contributed by atoms with Crippen LogP contribution in [0.1, 0.15) is 59.8 Å². The van der Waals surface area contributed by atoms with Gasteiger partial charge in [-0.3, -0.25) is 10.1 Å². The molecule has 3 unspecified atom stereocenters. The molecule has 0 aromatic carbocycles. The Labute approximate surface area is 123 Å². The first-order chi connectivity index (χ1) is 9.37. The fourth-order valence-electron chi connectivity index (χ4n) is 3.06. The molecule has 118 valence electrons. The Balaban J connectivity index is 2.43. The molecule has 0 spiro atoms. The summed E-state index contributed by atoms with van der Waals surface area (Å²) < 4.78 is 10.9. The van der Waals surface area contributed by atoms with Crippen molar-refractivity contribution in [3.8, 4) is 0 Å². The topological polar surface area (TPSA) is 47.6 Å². The molecule has 20 heavy (non-hydrogen) atoms. The predicted octanol–water partition coefficient (Wildman–Crippen LogP) is 2.90. The highest BCUT2D eigenvalue weighted by Gasteiger charge is 2.34. The maximum atomic E-state index is 12.0. The molecule has 0 aromatic rings. The lowest BCUT2D eigenvalue weighted by atomic mass is 9.88. The highest BCUT2D eigenvalue weighted by Crippen LogP contribution is 2.26. The number of nitrogens with one attached hydrogen (secondary N) is 1. The summed E-state index contributed by atoms with van der Waals surface area (Å²) in [6, 6.07) is 0.230. The quantitative estimate of drug-likeness (QED) is 0.731. The molecule has 0 amide bonds. The third kappa shape index (κ3) is 5.41. The van der Waals surface area contributed by atoms with Crippen molar-refractivity contribution in [2.45, 2.75) is 77.5 Å². The zero-order valence-electron chi connectivity index (χ0n) is 13.7. The number of hydrogen-bond donors (Lipinski definition) is 1. The van der Waals surface area contributed by atoms with Crippen molar-refractivity contribution in [3.63, 3.8) is 0 Å². The van der Waals surface area contributed by atoms with Gasteiger partial charge in [0.2, 0.25) is 0 Å². The summed E-state index contributed by atoms with van der Waals surface area (Å²) in [6.45, 7) is 8.85. The molecule has 1 N–H and O–H groups in total. The van der Waals surface area contributed by atoms with Crippen molar-refractivity contribution in [3.05, 3.63) is 0 Å². The fraction of sp³-hybridized carbons (Fsp3) is 0.938. The van der Waals surface area contributed by atoms with Gasteiger partial charge >= 0.3 is 5.97 Å². The van der Waals surface area contributed by atoms with Crippen molar-refractivity contribution in [1.29, 1.82) is 0 Å². The Morgan fingerprint density at radius 1 is 1.40 bits per heavy atom. The Morgan fingerprint density at radius 2 is 2.10 bits per heavy atom. The standard InChI is InChI=1S/C16H31NO3/c1-12(2)17-16(4,15(18)19-5)9-10-20-14-8-6-7-13(3)11-14/h12-14,17H,6-11H2,1-5H3. The van der Waals surface area contributed by atoms with Gasteiger partial charge in [0.25, 0.3) is 0 Å². The van der Waals surface area contributed by atoms with E-state index >= 15 is 0 Å². The number of rotatable bonds is 7. The monoisotopic (exact) mass is 285 g/mol. The van der Waals surface area contributed by atoms with E-state index in [9.17, 15) is 4.79 Å². The minimum absolute atomic E-state index is 0.216.